The lowest BCUT2D eigenvalue weighted by Crippen LogP contribution is -1.97. The Hall–Kier alpha value is -1.61. The second-order valence-corrected chi connectivity index (χ2v) is 7.66. The Bertz CT molecular complexity index is 860. The molecule has 0 aromatic heterocycles. The molecule has 0 amide bonds. The first kappa shape index (κ1) is 18.2. The maximum atomic E-state index is 2.49. The van der Waals surface area contributed by atoms with Crippen LogP contribution in [0.1, 0.15) is 33.4 Å². The van der Waals surface area contributed by atoms with Gasteiger partial charge in [0.05, 0.1) is 0 Å². The van der Waals surface area contributed by atoms with Crippen molar-refractivity contribution in [3.05, 3.63) is 94.0 Å². The summed E-state index contributed by atoms with van der Waals surface area (Å²) in [7, 11) is 0. The SMILES string of the molecule is Cc1ccc(CCc2ccc(-c3ccc(C)c(C)c3)cc2CI)cc1. The highest BCUT2D eigenvalue weighted by Gasteiger charge is 2.06. The van der Waals surface area contributed by atoms with Crippen LogP contribution in [0.5, 0.6) is 0 Å². The van der Waals surface area contributed by atoms with Gasteiger partial charge >= 0.3 is 0 Å². The van der Waals surface area contributed by atoms with E-state index in [1.54, 1.807) is 0 Å². The lowest BCUT2D eigenvalue weighted by molar-refractivity contribution is 0.948. The molecule has 0 aliphatic rings. The summed E-state index contributed by atoms with van der Waals surface area (Å²) in [5, 5.41) is 0. The summed E-state index contributed by atoms with van der Waals surface area (Å²) in [6.45, 7) is 6.50. The molecule has 0 saturated heterocycles. The molecule has 0 atom stereocenters. The predicted octanol–water partition coefficient (Wildman–Crippen LogP) is 7.00. The summed E-state index contributed by atoms with van der Waals surface area (Å²) in [6.07, 6.45) is 2.21. The highest BCUT2D eigenvalue weighted by Crippen LogP contribution is 2.26. The van der Waals surface area contributed by atoms with Crippen molar-refractivity contribution in [2.75, 3.05) is 0 Å². The molecule has 0 heterocycles. The van der Waals surface area contributed by atoms with E-state index in [1.807, 2.05) is 0 Å². The average molecular weight is 440 g/mol. The van der Waals surface area contributed by atoms with Gasteiger partial charge in [0.25, 0.3) is 0 Å². The van der Waals surface area contributed by atoms with E-state index in [0.717, 1.165) is 17.3 Å². The molecule has 0 fully saturated rings. The summed E-state index contributed by atoms with van der Waals surface area (Å²) >= 11 is 2.49. The first-order valence-corrected chi connectivity index (χ1v) is 10.4. The molecule has 0 saturated carbocycles. The zero-order valence-corrected chi connectivity index (χ0v) is 17.4. The molecule has 0 aliphatic heterocycles. The molecule has 0 aliphatic carbocycles. The monoisotopic (exact) mass is 440 g/mol. The number of aryl methyl sites for hydroxylation is 5. The second kappa shape index (κ2) is 8.18. The first-order valence-electron chi connectivity index (χ1n) is 8.88. The van der Waals surface area contributed by atoms with E-state index in [4.69, 9.17) is 0 Å². The van der Waals surface area contributed by atoms with Gasteiger partial charge in [0.1, 0.15) is 0 Å². The average Bonchev–Trinajstić information content (AvgIpc) is 2.63. The van der Waals surface area contributed by atoms with E-state index in [9.17, 15) is 0 Å². The number of alkyl halides is 1. The molecule has 3 aromatic rings. The van der Waals surface area contributed by atoms with Gasteiger partial charge in [-0.3, -0.25) is 0 Å². The van der Waals surface area contributed by atoms with Crippen LogP contribution in [-0.4, -0.2) is 0 Å². The minimum Gasteiger partial charge on any atom is -0.0812 e. The minimum absolute atomic E-state index is 1.06. The topological polar surface area (TPSA) is 0 Å². The van der Waals surface area contributed by atoms with E-state index in [1.165, 1.54) is 44.5 Å². The smallest absolute Gasteiger partial charge is 0.0250 e. The second-order valence-electron chi connectivity index (χ2n) is 6.90. The van der Waals surface area contributed by atoms with Crippen LogP contribution in [0.2, 0.25) is 0 Å². The van der Waals surface area contributed by atoms with Crippen LogP contribution in [0, 0.1) is 20.8 Å². The molecule has 0 N–H and O–H groups in total. The maximum absolute atomic E-state index is 2.49. The normalized spacial score (nSPS) is 10.9. The first-order chi connectivity index (χ1) is 12.1. The van der Waals surface area contributed by atoms with E-state index < -0.39 is 0 Å². The summed E-state index contributed by atoms with van der Waals surface area (Å²) in [5.74, 6) is 0. The Morgan fingerprint density at radius 3 is 2.00 bits per heavy atom. The third-order valence-corrected chi connectivity index (χ3v) is 5.82. The Morgan fingerprint density at radius 1 is 0.640 bits per heavy atom. The summed E-state index contributed by atoms with van der Waals surface area (Å²) in [6, 6.07) is 22.7. The number of rotatable bonds is 5. The molecule has 0 bridgehead atoms. The molecular formula is C24H25I. The quantitative estimate of drug-likeness (QED) is 0.296. The number of halogens is 1. The molecule has 128 valence electrons. The van der Waals surface area contributed by atoms with Crippen molar-refractivity contribution < 1.29 is 0 Å². The van der Waals surface area contributed by atoms with Crippen LogP contribution in [0.3, 0.4) is 0 Å². The van der Waals surface area contributed by atoms with Crippen molar-refractivity contribution in [3.63, 3.8) is 0 Å². The predicted molar refractivity (Wildman–Crippen MR) is 118 cm³/mol. The van der Waals surface area contributed by atoms with Gasteiger partial charge in [-0.2, -0.15) is 0 Å². The molecule has 25 heavy (non-hydrogen) atoms. The summed E-state index contributed by atoms with van der Waals surface area (Å²) < 4.78 is 1.06. The zero-order valence-electron chi connectivity index (χ0n) is 15.3. The van der Waals surface area contributed by atoms with Crippen LogP contribution in [0.25, 0.3) is 11.1 Å². The van der Waals surface area contributed by atoms with Crippen molar-refractivity contribution in [2.45, 2.75) is 38.0 Å². The Morgan fingerprint density at radius 2 is 1.32 bits per heavy atom. The number of benzene rings is 3. The molecule has 0 nitrogen and oxygen atoms in total. The standard InChI is InChI=1S/C24H25I/c1-17-4-7-20(8-5-17)9-11-21-12-13-23(15-24(21)16-25)22-10-6-18(2)19(3)14-22/h4-8,10,12-15H,9,11,16H2,1-3H3. The van der Waals surface area contributed by atoms with Gasteiger partial charge in [0, 0.05) is 4.43 Å². The molecule has 1 heteroatoms. The third kappa shape index (κ3) is 4.52. The number of hydrogen-bond acceptors (Lipinski definition) is 0. The third-order valence-electron chi connectivity index (χ3n) is 4.99. The van der Waals surface area contributed by atoms with Crippen molar-refractivity contribution in [1.82, 2.24) is 0 Å². The fourth-order valence-corrected chi connectivity index (χ4v) is 3.84. The van der Waals surface area contributed by atoms with Gasteiger partial charge in [0.15, 0.2) is 0 Å². The lowest BCUT2D eigenvalue weighted by atomic mass is 9.94. The molecule has 0 radical (unpaired) electrons. The maximum Gasteiger partial charge on any atom is 0.0250 e. The van der Waals surface area contributed by atoms with E-state index in [2.05, 4.69) is 104 Å². The van der Waals surface area contributed by atoms with E-state index in [0.29, 0.717) is 0 Å². The van der Waals surface area contributed by atoms with Gasteiger partial charge in [-0.05, 0) is 72.6 Å². The highest BCUT2D eigenvalue weighted by molar-refractivity contribution is 14.1. The van der Waals surface area contributed by atoms with Crippen molar-refractivity contribution in [3.8, 4) is 11.1 Å². The molecule has 3 aromatic carbocycles. The summed E-state index contributed by atoms with van der Waals surface area (Å²) in [5.41, 5.74) is 11.0. The van der Waals surface area contributed by atoms with Gasteiger partial charge in [0.2, 0.25) is 0 Å². The van der Waals surface area contributed by atoms with Crippen molar-refractivity contribution in [1.29, 1.82) is 0 Å². The molecule has 0 spiro atoms. The molecule has 3 rings (SSSR count). The zero-order chi connectivity index (χ0) is 17.8. The Kier molecular flexibility index (Phi) is 5.95. The Labute approximate surface area is 165 Å². The van der Waals surface area contributed by atoms with E-state index >= 15 is 0 Å². The summed E-state index contributed by atoms with van der Waals surface area (Å²) in [4.78, 5) is 0. The fraction of sp³-hybridized carbons (Fsp3) is 0.250. The Balaban J connectivity index is 1.81. The van der Waals surface area contributed by atoms with Crippen LogP contribution < -0.4 is 0 Å². The van der Waals surface area contributed by atoms with Crippen LogP contribution in [-0.2, 0) is 17.3 Å². The van der Waals surface area contributed by atoms with Crippen LogP contribution in [0.4, 0.5) is 0 Å². The molecular weight excluding hydrogens is 415 g/mol. The van der Waals surface area contributed by atoms with Gasteiger partial charge < -0.3 is 0 Å². The molecule has 0 unspecified atom stereocenters. The largest absolute Gasteiger partial charge is 0.0812 e. The fourth-order valence-electron chi connectivity index (χ4n) is 3.13. The number of hydrogen-bond donors (Lipinski definition) is 0. The van der Waals surface area contributed by atoms with Crippen LogP contribution >= 0.6 is 22.6 Å². The van der Waals surface area contributed by atoms with E-state index in [-0.39, 0.29) is 0 Å². The lowest BCUT2D eigenvalue weighted by Gasteiger charge is -2.12. The van der Waals surface area contributed by atoms with Crippen molar-refractivity contribution >= 4 is 22.6 Å². The highest BCUT2D eigenvalue weighted by atomic mass is 127. The van der Waals surface area contributed by atoms with Crippen LogP contribution in [0.15, 0.2) is 60.7 Å². The van der Waals surface area contributed by atoms with Gasteiger partial charge in [-0.25, -0.2) is 0 Å². The minimum atomic E-state index is 1.06. The van der Waals surface area contributed by atoms with Crippen molar-refractivity contribution in [2.24, 2.45) is 0 Å². The van der Waals surface area contributed by atoms with Gasteiger partial charge in [-0.1, -0.05) is 88.8 Å². The van der Waals surface area contributed by atoms with Gasteiger partial charge in [-0.15, -0.1) is 0 Å².